The van der Waals surface area contributed by atoms with E-state index in [9.17, 15) is 4.79 Å². The predicted molar refractivity (Wildman–Crippen MR) is 88.3 cm³/mol. The summed E-state index contributed by atoms with van der Waals surface area (Å²) in [7, 11) is 1.55. The Bertz CT molecular complexity index is 882. The van der Waals surface area contributed by atoms with E-state index in [0.717, 1.165) is 5.39 Å². The number of nitrogens with one attached hydrogen (secondary N) is 1. The lowest BCUT2D eigenvalue weighted by Gasteiger charge is -2.09. The Morgan fingerprint density at radius 3 is 2.57 bits per heavy atom. The average molecular weight is 349 g/mol. The van der Waals surface area contributed by atoms with Crippen molar-refractivity contribution in [2.24, 2.45) is 0 Å². The summed E-state index contributed by atoms with van der Waals surface area (Å²) in [6.07, 6.45) is 1.21. The van der Waals surface area contributed by atoms with Crippen LogP contribution in [-0.2, 0) is 0 Å². The molecule has 0 aliphatic heterocycles. The van der Waals surface area contributed by atoms with E-state index in [4.69, 9.17) is 27.9 Å². The first kappa shape index (κ1) is 15.5. The highest BCUT2D eigenvalue weighted by atomic mass is 35.5. The van der Waals surface area contributed by atoms with Crippen LogP contribution in [0.25, 0.3) is 10.9 Å². The first-order valence-corrected chi connectivity index (χ1v) is 7.27. The lowest BCUT2D eigenvalue weighted by molar-refractivity contribution is 0.102. The Balaban J connectivity index is 1.98. The number of hydrogen-bond donors (Lipinski definition) is 1. The molecule has 3 rings (SSSR count). The fourth-order valence-electron chi connectivity index (χ4n) is 2.04. The van der Waals surface area contributed by atoms with Gasteiger partial charge < -0.3 is 10.1 Å². The third-order valence-corrected chi connectivity index (χ3v) is 3.70. The summed E-state index contributed by atoms with van der Waals surface area (Å²) in [4.78, 5) is 24.3. The van der Waals surface area contributed by atoms with Gasteiger partial charge in [0.15, 0.2) is 10.3 Å². The number of ether oxygens (including phenoxy) is 1. The smallest absolute Gasteiger partial charge is 0.274 e. The molecule has 23 heavy (non-hydrogen) atoms. The molecule has 0 unspecified atom stereocenters. The normalized spacial score (nSPS) is 10.6. The number of fused-ring (bicyclic) bond motifs is 1. The standard InChI is InChI=1S/C15H10Cl2N4O2/c1-23-10-4-2-3-8-5-6-9(20-11(8)10)15(22)21-12-13(16)18-7-19-14(12)17/h2-7H,1H3,(H,21,22). The number of amides is 1. The molecule has 0 bridgehead atoms. The minimum atomic E-state index is -0.476. The Morgan fingerprint density at radius 1 is 1.13 bits per heavy atom. The average Bonchev–Trinajstić information content (AvgIpc) is 2.57. The maximum absolute atomic E-state index is 12.4. The van der Waals surface area contributed by atoms with E-state index in [-0.39, 0.29) is 21.7 Å². The summed E-state index contributed by atoms with van der Waals surface area (Å²) in [6, 6.07) is 8.89. The van der Waals surface area contributed by atoms with Crippen LogP contribution in [0, 0.1) is 0 Å². The lowest BCUT2D eigenvalue weighted by atomic mass is 10.2. The SMILES string of the molecule is COc1cccc2ccc(C(=O)Nc3c(Cl)ncnc3Cl)nc12. The van der Waals surface area contributed by atoms with Gasteiger partial charge in [-0.25, -0.2) is 15.0 Å². The predicted octanol–water partition coefficient (Wildman–Crippen LogP) is 3.59. The van der Waals surface area contributed by atoms with Gasteiger partial charge in [0.1, 0.15) is 29.0 Å². The van der Waals surface area contributed by atoms with Crippen LogP contribution in [0.3, 0.4) is 0 Å². The first-order chi connectivity index (χ1) is 11.1. The summed E-state index contributed by atoms with van der Waals surface area (Å²) < 4.78 is 5.26. The number of pyridine rings is 1. The first-order valence-electron chi connectivity index (χ1n) is 6.51. The van der Waals surface area contributed by atoms with Crippen molar-refractivity contribution in [3.05, 3.63) is 52.7 Å². The molecule has 0 aliphatic rings. The molecule has 0 aliphatic carbocycles. The second kappa shape index (κ2) is 6.36. The van der Waals surface area contributed by atoms with Gasteiger partial charge in [-0.3, -0.25) is 4.79 Å². The van der Waals surface area contributed by atoms with Gasteiger partial charge in [0.2, 0.25) is 0 Å². The quantitative estimate of drug-likeness (QED) is 0.731. The van der Waals surface area contributed by atoms with Crippen molar-refractivity contribution < 1.29 is 9.53 Å². The number of nitrogens with zero attached hydrogens (tertiary/aromatic N) is 3. The summed E-state index contributed by atoms with van der Waals surface area (Å²) in [6.45, 7) is 0. The molecule has 0 atom stereocenters. The minimum absolute atomic E-state index is 0.0525. The van der Waals surface area contributed by atoms with E-state index in [1.165, 1.54) is 6.33 Å². The summed E-state index contributed by atoms with van der Waals surface area (Å²) in [5.74, 6) is 0.104. The van der Waals surface area contributed by atoms with Crippen molar-refractivity contribution in [3.8, 4) is 5.75 Å². The van der Waals surface area contributed by atoms with Gasteiger partial charge in [-0.05, 0) is 12.1 Å². The zero-order valence-corrected chi connectivity index (χ0v) is 13.4. The van der Waals surface area contributed by atoms with Gasteiger partial charge in [0, 0.05) is 5.39 Å². The molecule has 0 spiro atoms. The van der Waals surface area contributed by atoms with Crippen LogP contribution < -0.4 is 10.1 Å². The second-order valence-electron chi connectivity index (χ2n) is 4.51. The molecule has 1 N–H and O–H groups in total. The van der Waals surface area contributed by atoms with Crippen LogP contribution in [0.2, 0.25) is 10.3 Å². The van der Waals surface area contributed by atoms with Gasteiger partial charge in [-0.2, -0.15) is 0 Å². The number of hydrogen-bond acceptors (Lipinski definition) is 5. The van der Waals surface area contributed by atoms with E-state index < -0.39 is 5.91 Å². The molecular formula is C15H10Cl2N4O2. The van der Waals surface area contributed by atoms with Crippen molar-refractivity contribution in [1.29, 1.82) is 0 Å². The monoisotopic (exact) mass is 348 g/mol. The fraction of sp³-hybridized carbons (Fsp3) is 0.0667. The van der Waals surface area contributed by atoms with Gasteiger partial charge in [-0.1, -0.05) is 41.4 Å². The molecule has 6 nitrogen and oxygen atoms in total. The molecule has 0 radical (unpaired) electrons. The highest BCUT2D eigenvalue weighted by Gasteiger charge is 2.15. The van der Waals surface area contributed by atoms with Crippen LogP contribution in [0.15, 0.2) is 36.7 Å². The lowest BCUT2D eigenvalue weighted by Crippen LogP contribution is -2.15. The Labute approximate surface area is 141 Å². The van der Waals surface area contributed by atoms with Crippen molar-refractivity contribution in [2.45, 2.75) is 0 Å². The van der Waals surface area contributed by atoms with Gasteiger partial charge >= 0.3 is 0 Å². The van der Waals surface area contributed by atoms with Crippen molar-refractivity contribution >= 4 is 45.7 Å². The summed E-state index contributed by atoms with van der Waals surface area (Å²) >= 11 is 11.8. The third kappa shape index (κ3) is 3.04. The van der Waals surface area contributed by atoms with Crippen molar-refractivity contribution in [1.82, 2.24) is 15.0 Å². The number of aromatic nitrogens is 3. The number of anilines is 1. The number of benzene rings is 1. The van der Waals surface area contributed by atoms with E-state index >= 15 is 0 Å². The van der Waals surface area contributed by atoms with Crippen LogP contribution in [0.5, 0.6) is 5.75 Å². The topological polar surface area (TPSA) is 77.0 Å². The fourth-order valence-corrected chi connectivity index (χ4v) is 2.45. The maximum Gasteiger partial charge on any atom is 0.274 e. The van der Waals surface area contributed by atoms with Crippen LogP contribution in [0.4, 0.5) is 5.69 Å². The van der Waals surface area contributed by atoms with Crippen molar-refractivity contribution in [3.63, 3.8) is 0 Å². The second-order valence-corrected chi connectivity index (χ2v) is 5.23. The molecule has 2 aromatic heterocycles. The zero-order valence-electron chi connectivity index (χ0n) is 11.9. The van der Waals surface area contributed by atoms with Crippen molar-refractivity contribution in [2.75, 3.05) is 12.4 Å². The summed E-state index contributed by atoms with van der Waals surface area (Å²) in [5, 5.41) is 3.53. The Morgan fingerprint density at radius 2 is 1.87 bits per heavy atom. The molecule has 8 heteroatoms. The van der Waals surface area contributed by atoms with E-state index in [1.54, 1.807) is 25.3 Å². The number of carbonyl (C=O) groups is 1. The molecule has 1 amide bonds. The molecule has 0 saturated carbocycles. The van der Waals surface area contributed by atoms with Gasteiger partial charge in [0.25, 0.3) is 5.91 Å². The largest absolute Gasteiger partial charge is 0.494 e. The maximum atomic E-state index is 12.4. The number of halogens is 2. The molecule has 0 fully saturated rings. The number of carbonyl (C=O) groups excluding carboxylic acids is 1. The van der Waals surface area contributed by atoms with Crippen LogP contribution in [-0.4, -0.2) is 28.0 Å². The van der Waals surface area contributed by atoms with E-state index in [0.29, 0.717) is 11.3 Å². The number of rotatable bonds is 3. The molecule has 2 heterocycles. The minimum Gasteiger partial charge on any atom is -0.494 e. The van der Waals surface area contributed by atoms with E-state index in [1.807, 2.05) is 12.1 Å². The van der Waals surface area contributed by atoms with E-state index in [2.05, 4.69) is 20.3 Å². The Kier molecular flexibility index (Phi) is 4.27. The number of methoxy groups -OCH3 is 1. The molecule has 0 saturated heterocycles. The zero-order chi connectivity index (χ0) is 16.4. The number of para-hydroxylation sites is 1. The van der Waals surface area contributed by atoms with Gasteiger partial charge in [-0.15, -0.1) is 0 Å². The summed E-state index contributed by atoms with van der Waals surface area (Å²) in [5.41, 5.74) is 0.921. The molecule has 1 aromatic carbocycles. The Hall–Kier alpha value is -2.44. The molecule has 3 aromatic rings. The molecular weight excluding hydrogens is 339 g/mol. The molecule has 116 valence electrons. The van der Waals surface area contributed by atoms with Crippen LogP contribution in [0.1, 0.15) is 10.5 Å². The van der Waals surface area contributed by atoms with Gasteiger partial charge in [0.05, 0.1) is 7.11 Å². The third-order valence-electron chi connectivity index (χ3n) is 3.13. The highest BCUT2D eigenvalue weighted by molar-refractivity contribution is 6.38. The highest BCUT2D eigenvalue weighted by Crippen LogP contribution is 2.27. The van der Waals surface area contributed by atoms with Crippen LogP contribution >= 0.6 is 23.2 Å².